The molecular formula is C24H26N4O4S3. The summed E-state index contributed by atoms with van der Waals surface area (Å²) < 4.78 is 31.8. The van der Waals surface area contributed by atoms with Crippen molar-refractivity contribution >= 4 is 50.2 Å². The highest BCUT2D eigenvalue weighted by Crippen LogP contribution is 2.33. The Morgan fingerprint density at radius 1 is 1.23 bits per heavy atom. The molecule has 0 spiro atoms. The van der Waals surface area contributed by atoms with Crippen LogP contribution in [-0.2, 0) is 16.6 Å². The molecule has 184 valence electrons. The van der Waals surface area contributed by atoms with Crippen molar-refractivity contribution in [2.24, 2.45) is 0 Å². The number of ether oxygens (including phenoxy) is 1. The first kappa shape index (κ1) is 25.2. The van der Waals surface area contributed by atoms with E-state index in [4.69, 9.17) is 4.74 Å². The van der Waals surface area contributed by atoms with Crippen molar-refractivity contribution in [2.75, 3.05) is 38.8 Å². The number of nitrogens with zero attached hydrogens (tertiary/aromatic N) is 3. The van der Waals surface area contributed by atoms with Gasteiger partial charge in [-0.3, -0.25) is 4.79 Å². The molecule has 1 aliphatic rings. The van der Waals surface area contributed by atoms with Gasteiger partial charge in [0.05, 0.1) is 17.8 Å². The van der Waals surface area contributed by atoms with Crippen LogP contribution in [-0.4, -0.2) is 62.0 Å². The van der Waals surface area contributed by atoms with Gasteiger partial charge in [0.1, 0.15) is 10.6 Å². The van der Waals surface area contributed by atoms with Crippen LogP contribution < -0.4 is 10.1 Å². The topological polar surface area (TPSA) is 91.8 Å². The number of methoxy groups -OCH3 is 1. The summed E-state index contributed by atoms with van der Waals surface area (Å²) >= 11 is 3.07. The van der Waals surface area contributed by atoms with Gasteiger partial charge in [0.2, 0.25) is 10.0 Å². The lowest BCUT2D eigenvalue weighted by Crippen LogP contribution is -2.28. The highest BCUT2D eigenvalue weighted by atomic mass is 32.2. The number of benzene rings is 2. The highest BCUT2D eigenvalue weighted by molar-refractivity contribution is 8.03. The quantitative estimate of drug-likeness (QED) is 0.467. The zero-order valence-electron chi connectivity index (χ0n) is 19.6. The molecule has 1 N–H and O–H groups in total. The number of thioether (sulfide) groups is 1. The first-order chi connectivity index (χ1) is 16.8. The van der Waals surface area contributed by atoms with E-state index in [1.807, 2.05) is 29.7 Å². The predicted molar refractivity (Wildman–Crippen MR) is 141 cm³/mol. The molecule has 0 atom stereocenters. The predicted octanol–water partition coefficient (Wildman–Crippen LogP) is 4.20. The van der Waals surface area contributed by atoms with Gasteiger partial charge in [0.25, 0.3) is 5.91 Å². The third-order valence-corrected chi connectivity index (χ3v) is 9.00. The van der Waals surface area contributed by atoms with E-state index in [0.717, 1.165) is 25.9 Å². The fourth-order valence-corrected chi connectivity index (χ4v) is 6.21. The van der Waals surface area contributed by atoms with Crippen LogP contribution in [0.5, 0.6) is 5.75 Å². The van der Waals surface area contributed by atoms with Crippen LogP contribution in [0, 0.1) is 0 Å². The Bertz CT molecular complexity index is 1340. The fourth-order valence-electron chi connectivity index (χ4n) is 3.45. The molecule has 1 fully saturated rings. The molecule has 2 heterocycles. The maximum atomic E-state index is 13.4. The second-order valence-corrected chi connectivity index (χ2v) is 12.0. The Morgan fingerprint density at radius 2 is 2.00 bits per heavy atom. The number of anilines is 1. The highest BCUT2D eigenvalue weighted by Gasteiger charge is 2.29. The summed E-state index contributed by atoms with van der Waals surface area (Å²) in [6, 6.07) is 14.6. The molecule has 8 nitrogen and oxygen atoms in total. The molecule has 11 heteroatoms. The van der Waals surface area contributed by atoms with Gasteiger partial charge in [-0.05, 0) is 29.8 Å². The lowest BCUT2D eigenvalue weighted by atomic mass is 10.2. The average Bonchev–Trinajstić information content (AvgIpc) is 3.52. The van der Waals surface area contributed by atoms with Crippen molar-refractivity contribution in [3.63, 3.8) is 0 Å². The second-order valence-electron chi connectivity index (χ2n) is 7.86. The van der Waals surface area contributed by atoms with Gasteiger partial charge in [-0.15, -0.1) is 23.1 Å². The van der Waals surface area contributed by atoms with E-state index in [0.29, 0.717) is 13.1 Å². The summed E-state index contributed by atoms with van der Waals surface area (Å²) in [6.07, 6.45) is 1.89. The van der Waals surface area contributed by atoms with Crippen molar-refractivity contribution in [3.05, 3.63) is 75.8 Å². The summed E-state index contributed by atoms with van der Waals surface area (Å²) in [7, 11) is 0.506. The van der Waals surface area contributed by atoms with E-state index in [2.05, 4.69) is 22.4 Å². The summed E-state index contributed by atoms with van der Waals surface area (Å²) in [6.45, 7) is 1.21. The van der Waals surface area contributed by atoms with E-state index < -0.39 is 10.0 Å². The molecule has 1 aromatic heterocycles. The van der Waals surface area contributed by atoms with Crippen LogP contribution in [0.3, 0.4) is 0 Å². The molecule has 0 bridgehead atoms. The first-order valence-electron chi connectivity index (χ1n) is 10.8. The SMILES string of the molecule is COc1ccc(C(=O)N2CCS/C2=C/c2csc(NCc3ccccc3)n2)cc1S(=O)(=O)N(C)C. The lowest BCUT2D eigenvalue weighted by Gasteiger charge is -2.19. The summed E-state index contributed by atoms with van der Waals surface area (Å²) in [4.78, 5) is 19.6. The summed E-state index contributed by atoms with van der Waals surface area (Å²) in [5.74, 6) is 0.677. The minimum atomic E-state index is -3.78. The minimum Gasteiger partial charge on any atom is -0.495 e. The second kappa shape index (κ2) is 10.8. The number of carbonyl (C=O) groups is 1. The van der Waals surface area contributed by atoms with Gasteiger partial charge >= 0.3 is 0 Å². The minimum absolute atomic E-state index is 0.0399. The van der Waals surface area contributed by atoms with Crippen molar-refractivity contribution in [2.45, 2.75) is 11.4 Å². The number of amides is 1. The molecule has 0 radical (unpaired) electrons. The van der Waals surface area contributed by atoms with Crippen molar-refractivity contribution in [1.82, 2.24) is 14.2 Å². The van der Waals surface area contributed by atoms with E-state index in [1.54, 1.807) is 22.7 Å². The molecule has 35 heavy (non-hydrogen) atoms. The van der Waals surface area contributed by atoms with Gasteiger partial charge in [-0.1, -0.05) is 30.3 Å². The monoisotopic (exact) mass is 530 g/mol. The number of carbonyl (C=O) groups excluding carboxylic acids is 1. The van der Waals surface area contributed by atoms with Crippen molar-refractivity contribution in [3.8, 4) is 5.75 Å². The molecule has 0 unspecified atom stereocenters. The number of aromatic nitrogens is 1. The molecule has 1 saturated heterocycles. The number of nitrogens with one attached hydrogen (secondary N) is 1. The van der Waals surface area contributed by atoms with Crippen LogP contribution in [0.25, 0.3) is 6.08 Å². The van der Waals surface area contributed by atoms with Gasteiger partial charge in [0, 0.05) is 43.9 Å². The van der Waals surface area contributed by atoms with Gasteiger partial charge in [0.15, 0.2) is 5.13 Å². The molecule has 0 saturated carbocycles. The van der Waals surface area contributed by atoms with E-state index >= 15 is 0 Å². The summed E-state index contributed by atoms with van der Waals surface area (Å²) in [5.41, 5.74) is 2.21. The van der Waals surface area contributed by atoms with Gasteiger partial charge in [-0.25, -0.2) is 17.7 Å². The largest absolute Gasteiger partial charge is 0.495 e. The maximum Gasteiger partial charge on any atom is 0.258 e. The van der Waals surface area contributed by atoms with Crippen LogP contribution >= 0.6 is 23.1 Å². The first-order valence-corrected chi connectivity index (χ1v) is 14.1. The van der Waals surface area contributed by atoms with Gasteiger partial charge < -0.3 is 15.0 Å². The third-order valence-electron chi connectivity index (χ3n) is 5.33. The molecule has 2 aromatic carbocycles. The van der Waals surface area contributed by atoms with Crippen molar-refractivity contribution < 1.29 is 17.9 Å². The molecule has 0 aliphatic carbocycles. The number of thiazole rings is 1. The zero-order valence-corrected chi connectivity index (χ0v) is 22.0. The Morgan fingerprint density at radius 3 is 2.71 bits per heavy atom. The Kier molecular flexibility index (Phi) is 7.80. The molecular weight excluding hydrogens is 504 g/mol. The van der Waals surface area contributed by atoms with Crippen LogP contribution in [0.15, 0.2) is 63.8 Å². The number of hydrogen-bond donors (Lipinski definition) is 1. The molecule has 1 amide bonds. The number of sulfonamides is 1. The molecule has 4 rings (SSSR count). The van der Waals surface area contributed by atoms with Crippen LogP contribution in [0.2, 0.25) is 0 Å². The summed E-state index contributed by atoms with van der Waals surface area (Å²) in [5, 5.41) is 6.85. The third kappa shape index (κ3) is 5.69. The van der Waals surface area contributed by atoms with E-state index in [1.165, 1.54) is 50.2 Å². The number of hydrogen-bond acceptors (Lipinski definition) is 8. The van der Waals surface area contributed by atoms with E-state index in [-0.39, 0.29) is 22.1 Å². The smallest absolute Gasteiger partial charge is 0.258 e. The number of rotatable bonds is 8. The Labute approximate surface area is 213 Å². The van der Waals surface area contributed by atoms with Crippen LogP contribution in [0.1, 0.15) is 21.6 Å². The molecule has 1 aliphatic heterocycles. The van der Waals surface area contributed by atoms with E-state index in [9.17, 15) is 13.2 Å². The maximum absolute atomic E-state index is 13.4. The average molecular weight is 531 g/mol. The lowest BCUT2D eigenvalue weighted by molar-refractivity contribution is 0.0830. The standard InChI is InChI=1S/C24H26N4O4S3/c1-27(2)35(30,31)21-13-18(9-10-20(21)32-3)23(29)28-11-12-33-22(28)14-19-16-34-24(26-19)25-15-17-7-5-4-6-8-17/h4-10,13-14,16H,11-12,15H2,1-3H3,(H,25,26)/b22-14+. The van der Waals surface area contributed by atoms with Gasteiger partial charge in [-0.2, -0.15) is 0 Å². The Balaban J connectivity index is 1.53. The fraction of sp³-hybridized carbons (Fsp3) is 0.250. The molecule has 3 aromatic rings. The Hall–Kier alpha value is -2.86. The zero-order chi connectivity index (χ0) is 25.0. The van der Waals surface area contributed by atoms with Crippen molar-refractivity contribution in [1.29, 1.82) is 0 Å². The van der Waals surface area contributed by atoms with Crippen LogP contribution in [0.4, 0.5) is 5.13 Å². The normalized spacial score (nSPS) is 15.1.